The topological polar surface area (TPSA) is 43.4 Å². The minimum Gasteiger partial charge on any atom is -0.204 e. The molecule has 2 aromatic rings. The zero-order valence-electron chi connectivity index (χ0n) is 13.9. The van der Waals surface area contributed by atoms with Crippen molar-refractivity contribution in [3.05, 3.63) is 60.7 Å². The largest absolute Gasteiger partial charge is 0.523 e. The Kier molecular flexibility index (Phi) is 3.50. The molecule has 0 unspecified atom stereocenters. The number of hydrogen-bond acceptors (Lipinski definition) is 3. The molecule has 0 aliphatic heterocycles. The van der Waals surface area contributed by atoms with Gasteiger partial charge in [-0.1, -0.05) is 46.7 Å². The van der Waals surface area contributed by atoms with Gasteiger partial charge in [-0.05, 0) is 30.4 Å². The highest BCUT2D eigenvalue weighted by atomic mass is 32.3. The van der Waals surface area contributed by atoms with E-state index in [1.807, 2.05) is 0 Å². The highest BCUT2D eigenvalue weighted by Crippen LogP contribution is 2.62. The SMILES string of the molecule is [2H]C([2H])([2H])S(OS(=O)(=O)C(F)(F)F)(c1ccccc1)c1ccccc1. The summed E-state index contributed by atoms with van der Waals surface area (Å²) in [6.45, 7) is 0. The first-order valence-corrected chi connectivity index (χ1v) is 8.84. The van der Waals surface area contributed by atoms with Crippen LogP contribution in [0, 0.1) is 0 Å². The predicted octanol–water partition coefficient (Wildman–Crippen LogP) is 4.32. The molecule has 2 aromatic carbocycles. The molecule has 0 aliphatic rings. The van der Waals surface area contributed by atoms with Crippen molar-refractivity contribution in [2.75, 3.05) is 6.18 Å². The van der Waals surface area contributed by atoms with Gasteiger partial charge in [0, 0.05) is 13.9 Å². The quantitative estimate of drug-likeness (QED) is 0.769. The molecule has 0 saturated heterocycles. The lowest BCUT2D eigenvalue weighted by atomic mass is 10.4. The van der Waals surface area contributed by atoms with E-state index >= 15 is 0 Å². The van der Waals surface area contributed by atoms with E-state index < -0.39 is 32.1 Å². The molecule has 0 bridgehead atoms. The van der Waals surface area contributed by atoms with E-state index in [1.54, 1.807) is 0 Å². The maximum absolute atomic E-state index is 12.9. The summed E-state index contributed by atoms with van der Waals surface area (Å²) < 4.78 is 90.0. The van der Waals surface area contributed by atoms with Crippen molar-refractivity contribution >= 4 is 20.4 Å². The lowest BCUT2D eigenvalue weighted by molar-refractivity contribution is -0.0496. The van der Waals surface area contributed by atoms with Crippen LogP contribution in [-0.2, 0) is 13.7 Å². The molecule has 8 heteroatoms. The van der Waals surface area contributed by atoms with Crippen molar-refractivity contribution in [2.24, 2.45) is 0 Å². The highest BCUT2D eigenvalue weighted by molar-refractivity contribution is 8.32. The van der Waals surface area contributed by atoms with E-state index in [0.29, 0.717) is 0 Å². The van der Waals surface area contributed by atoms with E-state index in [-0.39, 0.29) is 9.79 Å². The zero-order valence-corrected chi connectivity index (χ0v) is 12.6. The Labute approximate surface area is 132 Å². The standard InChI is InChI=1S/C14H13F3O3S2/c1-21(12-8-4-2-5-9-12,13-10-6-3-7-11-13)20-22(18,19)14(15,16)17/h2-11H,1H3/i1D3. The van der Waals surface area contributed by atoms with Crippen LogP contribution in [0.5, 0.6) is 0 Å². The highest BCUT2D eigenvalue weighted by Gasteiger charge is 2.50. The summed E-state index contributed by atoms with van der Waals surface area (Å²) in [6.07, 6.45) is -3.17. The maximum atomic E-state index is 12.9. The summed E-state index contributed by atoms with van der Waals surface area (Å²) in [5.41, 5.74) is -5.75. The molecular formula is C14H13F3O3S2. The van der Waals surface area contributed by atoms with Crippen molar-refractivity contribution in [1.82, 2.24) is 0 Å². The van der Waals surface area contributed by atoms with Crippen LogP contribution in [-0.4, -0.2) is 20.1 Å². The molecule has 0 fully saturated rings. The first kappa shape index (κ1) is 13.0. The van der Waals surface area contributed by atoms with E-state index in [0.717, 1.165) is 0 Å². The molecule has 0 amide bonds. The predicted molar refractivity (Wildman–Crippen MR) is 79.0 cm³/mol. The van der Waals surface area contributed by atoms with Gasteiger partial charge in [-0.3, -0.25) is 0 Å². The third kappa shape index (κ3) is 3.29. The first-order chi connectivity index (χ1) is 11.4. The van der Waals surface area contributed by atoms with Gasteiger partial charge >= 0.3 is 15.6 Å². The third-order valence-electron chi connectivity index (χ3n) is 2.63. The zero-order chi connectivity index (χ0) is 18.9. The molecular weight excluding hydrogens is 337 g/mol. The number of rotatable bonds is 4. The second-order valence-electron chi connectivity index (χ2n) is 4.15. The fourth-order valence-corrected chi connectivity index (χ4v) is 4.98. The van der Waals surface area contributed by atoms with Crippen molar-refractivity contribution in [1.29, 1.82) is 0 Å². The van der Waals surface area contributed by atoms with Crippen LogP contribution in [0.4, 0.5) is 13.2 Å². The van der Waals surface area contributed by atoms with E-state index in [4.69, 9.17) is 4.11 Å². The summed E-state index contributed by atoms with van der Waals surface area (Å²) in [6, 6.07) is 13.6. The lowest BCUT2D eigenvalue weighted by Crippen LogP contribution is -2.27. The Balaban J connectivity index is 2.83. The molecule has 0 N–H and O–H groups in total. The van der Waals surface area contributed by atoms with Crippen LogP contribution in [0.2, 0.25) is 0 Å². The number of hydrogen-bond donors (Lipinski definition) is 0. The summed E-state index contributed by atoms with van der Waals surface area (Å²) in [7, 11) is -10.2. The first-order valence-electron chi connectivity index (χ1n) is 7.37. The summed E-state index contributed by atoms with van der Waals surface area (Å²) in [5, 5.41) is 0. The van der Waals surface area contributed by atoms with Gasteiger partial charge in [-0.2, -0.15) is 21.6 Å². The molecule has 0 saturated carbocycles. The number of benzene rings is 2. The van der Waals surface area contributed by atoms with E-state index in [9.17, 15) is 21.6 Å². The van der Waals surface area contributed by atoms with Crippen molar-refractivity contribution in [3.63, 3.8) is 0 Å². The lowest BCUT2D eigenvalue weighted by Gasteiger charge is -2.35. The minimum atomic E-state index is -6.16. The van der Waals surface area contributed by atoms with Gasteiger partial charge in [0.15, 0.2) is 0 Å². The van der Waals surface area contributed by atoms with Crippen LogP contribution >= 0.6 is 10.3 Å². The molecule has 120 valence electrons. The van der Waals surface area contributed by atoms with E-state index in [2.05, 4.69) is 3.63 Å². The smallest absolute Gasteiger partial charge is 0.204 e. The third-order valence-corrected chi connectivity index (χ3v) is 6.60. The minimum absolute atomic E-state index is 0.158. The van der Waals surface area contributed by atoms with Gasteiger partial charge in [-0.25, -0.2) is 3.63 Å². The normalized spacial score (nSPS) is 16.4. The Morgan fingerprint density at radius 2 is 1.32 bits per heavy atom. The Bertz CT molecular complexity index is 784. The number of alkyl halides is 3. The van der Waals surface area contributed by atoms with Crippen molar-refractivity contribution in [3.8, 4) is 0 Å². The van der Waals surface area contributed by atoms with Gasteiger partial charge in [0.25, 0.3) is 0 Å². The number of halogens is 3. The molecule has 0 aromatic heterocycles. The van der Waals surface area contributed by atoms with Gasteiger partial charge in [0.2, 0.25) is 0 Å². The second kappa shape index (κ2) is 5.94. The van der Waals surface area contributed by atoms with Crippen LogP contribution in [0.15, 0.2) is 70.5 Å². The van der Waals surface area contributed by atoms with Gasteiger partial charge in [0.05, 0.1) is 0 Å². The summed E-state index contributed by atoms with van der Waals surface area (Å²) in [5.74, 6) is 0. The Hall–Kier alpha value is -1.51. The average Bonchev–Trinajstić information content (AvgIpc) is 2.52. The summed E-state index contributed by atoms with van der Waals surface area (Å²) >= 11 is 0. The second-order valence-corrected chi connectivity index (χ2v) is 8.12. The van der Waals surface area contributed by atoms with Crippen molar-refractivity contribution in [2.45, 2.75) is 15.3 Å². The van der Waals surface area contributed by atoms with Crippen molar-refractivity contribution < 1.29 is 29.3 Å². The van der Waals surface area contributed by atoms with Crippen LogP contribution < -0.4 is 0 Å². The van der Waals surface area contributed by atoms with E-state index in [1.165, 1.54) is 60.7 Å². The van der Waals surface area contributed by atoms with Gasteiger partial charge in [-0.15, -0.1) is 0 Å². The Morgan fingerprint density at radius 3 is 1.64 bits per heavy atom. The van der Waals surface area contributed by atoms with Gasteiger partial charge < -0.3 is 0 Å². The fourth-order valence-electron chi connectivity index (χ4n) is 1.61. The Morgan fingerprint density at radius 1 is 0.909 bits per heavy atom. The van der Waals surface area contributed by atoms with Crippen LogP contribution in [0.1, 0.15) is 4.11 Å². The molecule has 2 rings (SSSR count). The molecule has 0 radical (unpaired) electrons. The summed E-state index contributed by atoms with van der Waals surface area (Å²) in [4.78, 5) is -0.317. The van der Waals surface area contributed by atoms with Crippen LogP contribution in [0.25, 0.3) is 0 Å². The maximum Gasteiger partial charge on any atom is 0.523 e. The fraction of sp³-hybridized carbons (Fsp3) is 0.143. The molecule has 0 atom stereocenters. The molecule has 0 spiro atoms. The molecule has 0 heterocycles. The average molecular weight is 353 g/mol. The van der Waals surface area contributed by atoms with Gasteiger partial charge in [0.1, 0.15) is 0 Å². The molecule has 3 nitrogen and oxygen atoms in total. The molecule has 0 aliphatic carbocycles. The monoisotopic (exact) mass is 353 g/mol. The molecule has 22 heavy (non-hydrogen) atoms. The van der Waals surface area contributed by atoms with Crippen LogP contribution in [0.3, 0.4) is 0 Å².